The molecular formula is C16H25NO3. The number of benzene rings is 1. The Morgan fingerprint density at radius 3 is 2.70 bits per heavy atom. The third-order valence-electron chi connectivity index (χ3n) is 3.23. The molecule has 1 aromatic rings. The number of aliphatic hydroxyl groups is 1. The lowest BCUT2D eigenvalue weighted by Crippen LogP contribution is -2.22. The summed E-state index contributed by atoms with van der Waals surface area (Å²) in [6, 6.07) is 7.46. The van der Waals surface area contributed by atoms with Gasteiger partial charge in [-0.2, -0.15) is 4.91 Å². The second-order valence-electron chi connectivity index (χ2n) is 5.22. The molecule has 2 atom stereocenters. The van der Waals surface area contributed by atoms with Crippen molar-refractivity contribution in [3.8, 4) is 5.75 Å². The second kappa shape index (κ2) is 9.48. The number of ether oxygens (including phenoxy) is 1. The van der Waals surface area contributed by atoms with Crippen LogP contribution in [0.5, 0.6) is 5.75 Å². The van der Waals surface area contributed by atoms with Crippen molar-refractivity contribution in [1.82, 2.24) is 0 Å². The summed E-state index contributed by atoms with van der Waals surface area (Å²) in [7, 11) is 0. The van der Waals surface area contributed by atoms with Crippen molar-refractivity contribution in [3.63, 3.8) is 0 Å². The molecule has 0 saturated heterocycles. The van der Waals surface area contributed by atoms with Gasteiger partial charge in [0.25, 0.3) is 0 Å². The zero-order valence-electron chi connectivity index (χ0n) is 12.4. The lowest BCUT2D eigenvalue weighted by atomic mass is 10.0. The Labute approximate surface area is 121 Å². The Morgan fingerprint density at radius 2 is 2.05 bits per heavy atom. The average molecular weight is 279 g/mol. The molecule has 0 fully saturated rings. The highest BCUT2D eigenvalue weighted by atomic mass is 16.5. The van der Waals surface area contributed by atoms with Gasteiger partial charge in [0, 0.05) is 12.0 Å². The molecule has 20 heavy (non-hydrogen) atoms. The normalized spacial score (nSPS) is 13.8. The molecule has 0 amide bonds. The fourth-order valence-corrected chi connectivity index (χ4v) is 2.23. The predicted octanol–water partition coefficient (Wildman–Crippen LogP) is 4.05. The molecule has 0 aromatic heterocycles. The molecule has 0 aliphatic carbocycles. The molecule has 4 heteroatoms. The van der Waals surface area contributed by atoms with E-state index < -0.39 is 6.10 Å². The van der Waals surface area contributed by atoms with Gasteiger partial charge in [0.1, 0.15) is 18.4 Å². The van der Waals surface area contributed by atoms with Crippen LogP contribution in [0, 0.1) is 4.91 Å². The van der Waals surface area contributed by atoms with Crippen molar-refractivity contribution >= 4 is 0 Å². The molecule has 0 radical (unpaired) electrons. The van der Waals surface area contributed by atoms with Gasteiger partial charge in [-0.05, 0) is 25.8 Å². The Morgan fingerprint density at radius 1 is 1.30 bits per heavy atom. The Bertz CT molecular complexity index is 393. The van der Waals surface area contributed by atoms with E-state index in [1.165, 1.54) is 0 Å². The number of nitrogens with zero attached hydrogens (tertiary/aromatic N) is 1. The number of unbranched alkanes of at least 4 members (excludes halogenated alkanes) is 2. The van der Waals surface area contributed by atoms with Crippen molar-refractivity contribution < 1.29 is 9.84 Å². The largest absolute Gasteiger partial charge is 0.490 e. The number of rotatable bonds is 10. The Kier molecular flexibility index (Phi) is 7.88. The first kappa shape index (κ1) is 16.6. The minimum Gasteiger partial charge on any atom is -0.490 e. The summed E-state index contributed by atoms with van der Waals surface area (Å²) in [5.74, 6) is 0.703. The van der Waals surface area contributed by atoms with Crippen LogP contribution in [0.25, 0.3) is 0 Å². The number of hydrogen-bond donors (Lipinski definition) is 1. The van der Waals surface area contributed by atoms with Crippen LogP contribution in [-0.4, -0.2) is 17.3 Å². The second-order valence-corrected chi connectivity index (χ2v) is 5.22. The standard InChI is InChI=1S/C16H25NO3/c1-3-4-5-9-15(11-13(2)18)20-16-10-7-6-8-14(16)12-17-19/h6-8,10,13,15,18H,3-5,9,11-12H2,1-2H3. The maximum absolute atomic E-state index is 10.5. The zero-order chi connectivity index (χ0) is 14.8. The summed E-state index contributed by atoms with van der Waals surface area (Å²) in [6.45, 7) is 4.05. The number of hydrogen-bond acceptors (Lipinski definition) is 4. The molecule has 1 N–H and O–H groups in total. The maximum Gasteiger partial charge on any atom is 0.124 e. The highest BCUT2D eigenvalue weighted by Gasteiger charge is 2.15. The first-order chi connectivity index (χ1) is 9.67. The molecule has 0 bridgehead atoms. The van der Waals surface area contributed by atoms with Crippen molar-refractivity contribution in [2.75, 3.05) is 0 Å². The van der Waals surface area contributed by atoms with Crippen LogP contribution in [0.1, 0.15) is 51.5 Å². The molecule has 0 spiro atoms. The van der Waals surface area contributed by atoms with Crippen LogP contribution in [-0.2, 0) is 6.54 Å². The molecule has 1 rings (SSSR count). The van der Waals surface area contributed by atoms with E-state index >= 15 is 0 Å². The third kappa shape index (κ3) is 6.15. The van der Waals surface area contributed by atoms with E-state index in [1.54, 1.807) is 6.92 Å². The minimum atomic E-state index is -0.391. The number of nitroso groups, excluding NO2 is 1. The van der Waals surface area contributed by atoms with Gasteiger partial charge in [-0.25, -0.2) is 0 Å². The van der Waals surface area contributed by atoms with Gasteiger partial charge in [0.2, 0.25) is 0 Å². The van der Waals surface area contributed by atoms with Gasteiger partial charge in [-0.1, -0.05) is 43.1 Å². The lowest BCUT2D eigenvalue weighted by molar-refractivity contribution is 0.0982. The van der Waals surface area contributed by atoms with Gasteiger partial charge in [0.15, 0.2) is 0 Å². The van der Waals surface area contributed by atoms with Crippen LogP contribution in [0.2, 0.25) is 0 Å². The van der Waals surface area contributed by atoms with E-state index in [2.05, 4.69) is 12.1 Å². The predicted molar refractivity (Wildman–Crippen MR) is 80.8 cm³/mol. The van der Waals surface area contributed by atoms with Crippen LogP contribution in [0.4, 0.5) is 0 Å². The lowest BCUT2D eigenvalue weighted by Gasteiger charge is -2.21. The fraction of sp³-hybridized carbons (Fsp3) is 0.625. The summed E-state index contributed by atoms with van der Waals surface area (Å²) in [4.78, 5) is 10.5. The SMILES string of the molecule is CCCCCC(CC(C)O)Oc1ccccc1CN=O. The van der Waals surface area contributed by atoms with E-state index in [9.17, 15) is 10.0 Å². The van der Waals surface area contributed by atoms with Crippen molar-refractivity contribution in [2.24, 2.45) is 5.18 Å². The molecular weight excluding hydrogens is 254 g/mol. The van der Waals surface area contributed by atoms with E-state index in [-0.39, 0.29) is 12.6 Å². The highest BCUT2D eigenvalue weighted by Crippen LogP contribution is 2.23. The third-order valence-corrected chi connectivity index (χ3v) is 3.23. The number of aliphatic hydroxyl groups excluding tert-OH is 1. The smallest absolute Gasteiger partial charge is 0.124 e. The van der Waals surface area contributed by atoms with Gasteiger partial charge in [0.05, 0.1) is 6.10 Å². The zero-order valence-corrected chi connectivity index (χ0v) is 12.4. The van der Waals surface area contributed by atoms with Gasteiger partial charge in [-0.3, -0.25) is 0 Å². The fourth-order valence-electron chi connectivity index (χ4n) is 2.23. The Balaban J connectivity index is 2.69. The van der Waals surface area contributed by atoms with Crippen molar-refractivity contribution in [1.29, 1.82) is 0 Å². The average Bonchev–Trinajstić information content (AvgIpc) is 2.41. The molecule has 1 aromatic carbocycles. The summed E-state index contributed by atoms with van der Waals surface area (Å²) in [5.41, 5.74) is 0.800. The van der Waals surface area contributed by atoms with Crippen LogP contribution in [0.3, 0.4) is 0 Å². The molecule has 0 saturated carbocycles. The first-order valence-corrected chi connectivity index (χ1v) is 7.39. The highest BCUT2D eigenvalue weighted by molar-refractivity contribution is 5.33. The molecule has 0 heterocycles. The van der Waals surface area contributed by atoms with E-state index in [0.29, 0.717) is 12.2 Å². The van der Waals surface area contributed by atoms with Crippen LogP contribution in [0.15, 0.2) is 29.4 Å². The van der Waals surface area contributed by atoms with E-state index in [0.717, 1.165) is 31.2 Å². The van der Waals surface area contributed by atoms with Crippen molar-refractivity contribution in [3.05, 3.63) is 34.7 Å². The van der Waals surface area contributed by atoms with Gasteiger partial charge < -0.3 is 9.84 Å². The first-order valence-electron chi connectivity index (χ1n) is 7.39. The van der Waals surface area contributed by atoms with Crippen molar-refractivity contribution in [2.45, 2.75) is 64.7 Å². The monoisotopic (exact) mass is 279 g/mol. The topological polar surface area (TPSA) is 58.9 Å². The van der Waals surface area contributed by atoms with Crippen LogP contribution < -0.4 is 4.74 Å². The summed E-state index contributed by atoms with van der Waals surface area (Å²) in [6.07, 6.45) is 4.52. The van der Waals surface area contributed by atoms with Crippen LogP contribution >= 0.6 is 0 Å². The number of para-hydroxylation sites is 1. The molecule has 112 valence electrons. The molecule has 2 unspecified atom stereocenters. The quantitative estimate of drug-likeness (QED) is 0.519. The van der Waals surface area contributed by atoms with Gasteiger partial charge >= 0.3 is 0 Å². The maximum atomic E-state index is 10.5. The van der Waals surface area contributed by atoms with Gasteiger partial charge in [-0.15, -0.1) is 0 Å². The summed E-state index contributed by atoms with van der Waals surface area (Å²) in [5, 5.41) is 12.5. The minimum absolute atomic E-state index is 0.0191. The Hall–Kier alpha value is -1.42. The molecule has 0 aliphatic rings. The summed E-state index contributed by atoms with van der Waals surface area (Å²) < 4.78 is 6.00. The van der Waals surface area contributed by atoms with E-state index in [1.807, 2.05) is 24.3 Å². The summed E-state index contributed by atoms with van der Waals surface area (Å²) >= 11 is 0. The molecule has 0 aliphatic heterocycles. The molecule has 4 nitrogen and oxygen atoms in total. The van der Waals surface area contributed by atoms with E-state index in [4.69, 9.17) is 4.74 Å².